The molecule has 2 heterocycles. The number of carbonyl (C=O) groups is 2. The Hall–Kier alpha value is -2.22. The molecule has 2 N–H and O–H groups in total. The molecule has 6 nitrogen and oxygen atoms in total. The highest BCUT2D eigenvalue weighted by Crippen LogP contribution is 2.18. The average molecular weight is 402 g/mol. The Morgan fingerprint density at radius 1 is 1.11 bits per heavy atom. The van der Waals surface area contributed by atoms with Gasteiger partial charge in [-0.2, -0.15) is 0 Å². The van der Waals surface area contributed by atoms with Gasteiger partial charge in [0.05, 0.1) is 29.3 Å². The van der Waals surface area contributed by atoms with E-state index < -0.39 is 0 Å². The first-order chi connectivity index (χ1) is 13.6. The minimum absolute atomic E-state index is 0.180. The molecular formula is C21H27N3O3S. The molecule has 0 bridgehead atoms. The topological polar surface area (TPSA) is 70.7 Å². The normalized spacial score (nSPS) is 16.0. The number of benzene rings is 1. The molecule has 1 atom stereocenters. The van der Waals surface area contributed by atoms with Crippen molar-refractivity contribution < 1.29 is 14.3 Å². The zero-order valence-electron chi connectivity index (χ0n) is 16.3. The van der Waals surface area contributed by atoms with Crippen molar-refractivity contribution in [3.63, 3.8) is 0 Å². The molecule has 28 heavy (non-hydrogen) atoms. The number of carbonyl (C=O) groups excluding carboxylic acids is 2. The molecule has 1 fully saturated rings. The third-order valence-electron chi connectivity index (χ3n) is 4.92. The molecule has 150 valence electrons. The van der Waals surface area contributed by atoms with Crippen molar-refractivity contribution in [2.45, 2.75) is 19.9 Å². The largest absolute Gasteiger partial charge is 0.379 e. The average Bonchev–Trinajstić information content (AvgIpc) is 3.24. The number of anilines is 1. The molecule has 3 rings (SSSR count). The van der Waals surface area contributed by atoms with E-state index >= 15 is 0 Å². The number of ether oxygens (including phenoxy) is 1. The fraction of sp³-hybridized carbons (Fsp3) is 0.429. The van der Waals surface area contributed by atoms with Gasteiger partial charge in [-0.15, -0.1) is 11.3 Å². The van der Waals surface area contributed by atoms with Crippen molar-refractivity contribution in [3.8, 4) is 0 Å². The van der Waals surface area contributed by atoms with Crippen molar-refractivity contribution in [2.24, 2.45) is 5.92 Å². The molecule has 2 aromatic rings. The summed E-state index contributed by atoms with van der Waals surface area (Å²) in [5.74, 6) is 0.0248. The number of nitrogens with one attached hydrogen (secondary N) is 2. The predicted octanol–water partition coefficient (Wildman–Crippen LogP) is 3.09. The summed E-state index contributed by atoms with van der Waals surface area (Å²) in [5, 5.41) is 7.76. The first-order valence-corrected chi connectivity index (χ1v) is 10.5. The second-order valence-electron chi connectivity index (χ2n) is 7.15. The standard InChI is InChI=1S/C21H27N3O3S/c1-15(2)18(24-9-11-27-12-10-24)14-22-20(25)16-6-3-4-7-17(16)23-21(26)19-8-5-13-28-19/h3-8,13,15,18H,9-12,14H2,1-2H3,(H,22,25)(H,23,26). The van der Waals surface area contributed by atoms with E-state index in [9.17, 15) is 9.59 Å². The van der Waals surface area contributed by atoms with E-state index in [0.717, 1.165) is 26.3 Å². The Morgan fingerprint density at radius 2 is 1.86 bits per heavy atom. The Labute approximate surface area is 169 Å². The van der Waals surface area contributed by atoms with Gasteiger partial charge < -0.3 is 15.4 Å². The third kappa shape index (κ3) is 5.19. The summed E-state index contributed by atoms with van der Waals surface area (Å²) in [6.45, 7) is 8.12. The van der Waals surface area contributed by atoms with Gasteiger partial charge in [0.25, 0.3) is 11.8 Å². The van der Waals surface area contributed by atoms with Crippen LogP contribution in [-0.4, -0.2) is 55.6 Å². The lowest BCUT2D eigenvalue weighted by Gasteiger charge is -2.37. The van der Waals surface area contributed by atoms with E-state index in [1.165, 1.54) is 11.3 Å². The SMILES string of the molecule is CC(C)C(CNC(=O)c1ccccc1NC(=O)c1cccs1)N1CCOCC1. The minimum atomic E-state index is -0.205. The Morgan fingerprint density at radius 3 is 2.54 bits per heavy atom. The molecule has 7 heteroatoms. The number of hydrogen-bond donors (Lipinski definition) is 2. The zero-order valence-corrected chi connectivity index (χ0v) is 17.1. The maximum Gasteiger partial charge on any atom is 0.265 e. The molecule has 1 aliphatic rings. The van der Waals surface area contributed by atoms with Gasteiger partial charge in [-0.1, -0.05) is 32.0 Å². The molecule has 1 unspecified atom stereocenters. The lowest BCUT2D eigenvalue weighted by Crippen LogP contribution is -2.51. The molecule has 1 saturated heterocycles. The first-order valence-electron chi connectivity index (χ1n) is 9.60. The highest BCUT2D eigenvalue weighted by Gasteiger charge is 2.25. The van der Waals surface area contributed by atoms with Crippen LogP contribution in [0.3, 0.4) is 0 Å². The Bertz CT molecular complexity index is 786. The Balaban J connectivity index is 1.66. The minimum Gasteiger partial charge on any atom is -0.379 e. The predicted molar refractivity (Wildman–Crippen MR) is 112 cm³/mol. The maximum atomic E-state index is 12.8. The molecule has 2 amide bonds. The summed E-state index contributed by atoms with van der Waals surface area (Å²) >= 11 is 1.37. The van der Waals surface area contributed by atoms with Gasteiger partial charge in [0.1, 0.15) is 0 Å². The van der Waals surface area contributed by atoms with E-state index in [-0.39, 0.29) is 17.9 Å². The van der Waals surface area contributed by atoms with Crippen LogP contribution >= 0.6 is 11.3 Å². The molecule has 0 spiro atoms. The summed E-state index contributed by atoms with van der Waals surface area (Å²) in [6, 6.07) is 10.9. The fourth-order valence-corrected chi connectivity index (χ4v) is 3.99. The number of hydrogen-bond acceptors (Lipinski definition) is 5. The number of thiophene rings is 1. The fourth-order valence-electron chi connectivity index (χ4n) is 3.37. The first kappa shape index (κ1) is 20.5. The summed E-state index contributed by atoms with van der Waals surface area (Å²) in [6.07, 6.45) is 0. The van der Waals surface area contributed by atoms with E-state index in [4.69, 9.17) is 4.74 Å². The summed E-state index contributed by atoms with van der Waals surface area (Å²) < 4.78 is 5.44. The second kappa shape index (κ2) is 9.82. The summed E-state index contributed by atoms with van der Waals surface area (Å²) in [5.41, 5.74) is 0.989. The Kier molecular flexibility index (Phi) is 7.19. The molecule has 0 saturated carbocycles. The summed E-state index contributed by atoms with van der Waals surface area (Å²) in [7, 11) is 0. The van der Waals surface area contributed by atoms with E-state index in [1.54, 1.807) is 24.3 Å². The number of rotatable bonds is 7. The van der Waals surface area contributed by atoms with Crippen molar-refractivity contribution in [1.29, 1.82) is 0 Å². The van der Waals surface area contributed by atoms with Crippen LogP contribution in [0.2, 0.25) is 0 Å². The van der Waals surface area contributed by atoms with Gasteiger partial charge >= 0.3 is 0 Å². The van der Waals surface area contributed by atoms with Crippen LogP contribution in [0.25, 0.3) is 0 Å². The molecular weight excluding hydrogens is 374 g/mol. The van der Waals surface area contributed by atoms with Crippen LogP contribution in [0.4, 0.5) is 5.69 Å². The monoisotopic (exact) mass is 401 g/mol. The smallest absolute Gasteiger partial charge is 0.265 e. The number of nitrogens with zero attached hydrogens (tertiary/aromatic N) is 1. The quantitative estimate of drug-likeness (QED) is 0.748. The molecule has 1 aromatic heterocycles. The van der Waals surface area contributed by atoms with Crippen LogP contribution in [0.15, 0.2) is 41.8 Å². The second-order valence-corrected chi connectivity index (χ2v) is 8.09. The lowest BCUT2D eigenvalue weighted by atomic mass is 10.0. The molecule has 0 radical (unpaired) electrons. The van der Waals surface area contributed by atoms with Gasteiger partial charge in [-0.3, -0.25) is 14.5 Å². The highest BCUT2D eigenvalue weighted by molar-refractivity contribution is 7.12. The maximum absolute atomic E-state index is 12.8. The van der Waals surface area contributed by atoms with Crippen LogP contribution in [-0.2, 0) is 4.74 Å². The van der Waals surface area contributed by atoms with Crippen LogP contribution in [0.1, 0.15) is 33.9 Å². The van der Waals surface area contributed by atoms with Crippen molar-refractivity contribution >= 4 is 28.8 Å². The molecule has 1 aliphatic heterocycles. The van der Waals surface area contributed by atoms with E-state index in [2.05, 4.69) is 29.4 Å². The lowest BCUT2D eigenvalue weighted by molar-refractivity contribution is 0.00673. The van der Waals surface area contributed by atoms with Gasteiger partial charge in [-0.05, 0) is 29.5 Å². The number of amides is 2. The summed E-state index contributed by atoms with van der Waals surface area (Å²) in [4.78, 5) is 28.2. The number of morpholine rings is 1. The van der Waals surface area contributed by atoms with E-state index in [1.807, 2.05) is 17.5 Å². The van der Waals surface area contributed by atoms with Crippen molar-refractivity contribution in [3.05, 3.63) is 52.2 Å². The van der Waals surface area contributed by atoms with Crippen LogP contribution in [0, 0.1) is 5.92 Å². The van der Waals surface area contributed by atoms with Crippen LogP contribution in [0.5, 0.6) is 0 Å². The van der Waals surface area contributed by atoms with Gasteiger partial charge in [-0.25, -0.2) is 0 Å². The van der Waals surface area contributed by atoms with Gasteiger partial charge in [0, 0.05) is 25.7 Å². The van der Waals surface area contributed by atoms with E-state index in [0.29, 0.717) is 28.6 Å². The molecule has 1 aromatic carbocycles. The van der Waals surface area contributed by atoms with Gasteiger partial charge in [0.15, 0.2) is 0 Å². The third-order valence-corrected chi connectivity index (χ3v) is 5.79. The number of para-hydroxylation sites is 1. The zero-order chi connectivity index (χ0) is 19.9. The van der Waals surface area contributed by atoms with Crippen molar-refractivity contribution in [1.82, 2.24) is 10.2 Å². The molecule has 0 aliphatic carbocycles. The highest BCUT2D eigenvalue weighted by atomic mass is 32.1. The van der Waals surface area contributed by atoms with Crippen LogP contribution < -0.4 is 10.6 Å². The van der Waals surface area contributed by atoms with Gasteiger partial charge in [0.2, 0.25) is 0 Å². The van der Waals surface area contributed by atoms with Crippen molar-refractivity contribution in [2.75, 3.05) is 38.2 Å².